The number of ether oxygens (including phenoxy) is 1. The van der Waals surface area contributed by atoms with Gasteiger partial charge < -0.3 is 24.4 Å². The van der Waals surface area contributed by atoms with Crippen LogP contribution in [0.15, 0.2) is 47.6 Å². The molecule has 2 aromatic rings. The zero-order valence-corrected chi connectivity index (χ0v) is 19.6. The van der Waals surface area contributed by atoms with Gasteiger partial charge in [-0.1, -0.05) is 6.07 Å². The van der Waals surface area contributed by atoms with E-state index in [1.165, 1.54) is 17.8 Å². The lowest BCUT2D eigenvalue weighted by molar-refractivity contribution is 0.415. The highest BCUT2D eigenvalue weighted by Crippen LogP contribution is 2.26. The maximum Gasteiger partial charge on any atom is 0.193 e. The molecule has 1 aromatic carbocycles. The first-order chi connectivity index (χ1) is 13.1. The second-order valence-corrected chi connectivity index (χ2v) is 7.20. The van der Waals surface area contributed by atoms with E-state index in [1.807, 2.05) is 13.1 Å². The van der Waals surface area contributed by atoms with Crippen molar-refractivity contribution in [2.75, 3.05) is 45.7 Å². The summed E-state index contributed by atoms with van der Waals surface area (Å²) in [5.41, 5.74) is 2.51. The van der Waals surface area contributed by atoms with Crippen molar-refractivity contribution in [2.45, 2.75) is 13.0 Å². The van der Waals surface area contributed by atoms with Gasteiger partial charge in [0.2, 0.25) is 0 Å². The molecule has 1 fully saturated rings. The summed E-state index contributed by atoms with van der Waals surface area (Å²) in [5, 5.41) is 3.55. The fourth-order valence-electron chi connectivity index (χ4n) is 3.64. The third kappa shape index (κ3) is 5.56. The minimum absolute atomic E-state index is 0. The van der Waals surface area contributed by atoms with E-state index < -0.39 is 0 Å². The van der Waals surface area contributed by atoms with Gasteiger partial charge in [-0.25, -0.2) is 0 Å². The number of aliphatic imine (C=N–C) groups is 1. The SMILES string of the molecule is CN=C(NCC1CCN(c2cccc(OC)c2)C1)N(C)Cc1cccn1C.I. The van der Waals surface area contributed by atoms with E-state index in [0.717, 1.165) is 37.9 Å². The Kier molecular flexibility index (Phi) is 8.47. The van der Waals surface area contributed by atoms with Crippen LogP contribution in [0.2, 0.25) is 0 Å². The summed E-state index contributed by atoms with van der Waals surface area (Å²) in [6, 6.07) is 12.5. The monoisotopic (exact) mass is 497 g/mol. The van der Waals surface area contributed by atoms with Crippen LogP contribution in [0.3, 0.4) is 0 Å². The molecule has 3 rings (SSSR count). The van der Waals surface area contributed by atoms with E-state index in [0.29, 0.717) is 5.92 Å². The Hall–Kier alpha value is -1.90. The molecule has 1 N–H and O–H groups in total. The molecule has 7 heteroatoms. The smallest absolute Gasteiger partial charge is 0.193 e. The van der Waals surface area contributed by atoms with E-state index in [9.17, 15) is 0 Å². The molecule has 1 aliphatic heterocycles. The lowest BCUT2D eigenvalue weighted by Gasteiger charge is -2.24. The van der Waals surface area contributed by atoms with Gasteiger partial charge in [0.1, 0.15) is 5.75 Å². The maximum atomic E-state index is 5.35. The van der Waals surface area contributed by atoms with Crippen LogP contribution in [0, 0.1) is 5.92 Å². The summed E-state index contributed by atoms with van der Waals surface area (Å²) in [6.45, 7) is 3.91. The molecule has 2 heterocycles. The predicted octanol–water partition coefficient (Wildman–Crippen LogP) is 3.19. The van der Waals surface area contributed by atoms with Gasteiger partial charge in [-0.2, -0.15) is 0 Å². The Balaban J connectivity index is 0.00000280. The molecule has 0 saturated carbocycles. The van der Waals surface area contributed by atoms with Crippen LogP contribution in [0.25, 0.3) is 0 Å². The summed E-state index contributed by atoms with van der Waals surface area (Å²) in [5.74, 6) is 2.46. The average molecular weight is 497 g/mol. The van der Waals surface area contributed by atoms with Crippen LogP contribution in [0.1, 0.15) is 12.1 Å². The fourth-order valence-corrected chi connectivity index (χ4v) is 3.64. The highest BCUT2D eigenvalue weighted by molar-refractivity contribution is 14.0. The topological polar surface area (TPSA) is 45.0 Å². The Bertz CT molecular complexity index is 776. The molecular formula is C21H32IN5O. The largest absolute Gasteiger partial charge is 0.497 e. The quantitative estimate of drug-likeness (QED) is 0.379. The van der Waals surface area contributed by atoms with Crippen molar-refractivity contribution in [3.05, 3.63) is 48.3 Å². The zero-order valence-electron chi connectivity index (χ0n) is 17.3. The summed E-state index contributed by atoms with van der Waals surface area (Å²) >= 11 is 0. The molecular weight excluding hydrogens is 465 g/mol. The number of aromatic nitrogens is 1. The van der Waals surface area contributed by atoms with E-state index >= 15 is 0 Å². The first-order valence-corrected chi connectivity index (χ1v) is 9.51. The summed E-state index contributed by atoms with van der Waals surface area (Å²) < 4.78 is 7.50. The number of methoxy groups -OCH3 is 1. The van der Waals surface area contributed by atoms with Crippen LogP contribution in [0.4, 0.5) is 5.69 Å². The van der Waals surface area contributed by atoms with Crippen LogP contribution >= 0.6 is 24.0 Å². The van der Waals surface area contributed by atoms with Gasteiger partial charge in [-0.05, 0) is 36.6 Å². The number of benzene rings is 1. The van der Waals surface area contributed by atoms with E-state index in [-0.39, 0.29) is 24.0 Å². The third-order valence-electron chi connectivity index (χ3n) is 5.28. The highest BCUT2D eigenvalue weighted by atomic mass is 127. The Morgan fingerprint density at radius 1 is 1.32 bits per heavy atom. The first kappa shape index (κ1) is 22.4. The minimum atomic E-state index is 0. The Morgan fingerprint density at radius 2 is 2.14 bits per heavy atom. The number of hydrogen-bond acceptors (Lipinski definition) is 3. The predicted molar refractivity (Wildman–Crippen MR) is 127 cm³/mol. The molecule has 0 amide bonds. The molecule has 1 aromatic heterocycles. The van der Waals surface area contributed by atoms with Crippen molar-refractivity contribution in [1.29, 1.82) is 0 Å². The van der Waals surface area contributed by atoms with Gasteiger partial charge in [0.15, 0.2) is 5.96 Å². The molecule has 1 atom stereocenters. The standard InChI is InChI=1S/C21H31N5O.HI/c1-22-21(25(3)16-19-8-6-11-24(19)2)23-14-17-10-12-26(15-17)18-7-5-9-20(13-18)27-4;/h5-9,11,13,17H,10,12,14-16H2,1-4H3,(H,22,23);1H. The van der Waals surface area contributed by atoms with Crippen molar-refractivity contribution in [3.8, 4) is 5.75 Å². The summed E-state index contributed by atoms with van der Waals surface area (Å²) in [4.78, 5) is 9.06. The normalized spacial score (nSPS) is 16.6. The first-order valence-electron chi connectivity index (χ1n) is 9.51. The second kappa shape index (κ2) is 10.6. The highest BCUT2D eigenvalue weighted by Gasteiger charge is 2.23. The maximum absolute atomic E-state index is 5.35. The molecule has 0 spiro atoms. The van der Waals surface area contributed by atoms with Gasteiger partial charge in [0, 0.05) is 64.4 Å². The van der Waals surface area contributed by atoms with Crippen LogP contribution in [0.5, 0.6) is 5.75 Å². The third-order valence-corrected chi connectivity index (χ3v) is 5.28. The van der Waals surface area contributed by atoms with Crippen LogP contribution in [-0.4, -0.2) is 56.3 Å². The number of nitrogens with one attached hydrogen (secondary N) is 1. The minimum Gasteiger partial charge on any atom is -0.497 e. The molecule has 1 saturated heterocycles. The van der Waals surface area contributed by atoms with Gasteiger partial charge in [-0.3, -0.25) is 4.99 Å². The number of hydrogen-bond donors (Lipinski definition) is 1. The summed E-state index contributed by atoms with van der Waals surface area (Å²) in [7, 11) is 7.72. The molecule has 0 bridgehead atoms. The van der Waals surface area contributed by atoms with E-state index in [1.54, 1.807) is 7.11 Å². The Morgan fingerprint density at radius 3 is 2.82 bits per heavy atom. The van der Waals surface area contributed by atoms with Gasteiger partial charge >= 0.3 is 0 Å². The lowest BCUT2D eigenvalue weighted by Crippen LogP contribution is -2.41. The molecule has 6 nitrogen and oxygen atoms in total. The fraction of sp³-hybridized carbons (Fsp3) is 0.476. The molecule has 1 unspecified atom stereocenters. The van der Waals surface area contributed by atoms with Crippen molar-refractivity contribution in [3.63, 3.8) is 0 Å². The van der Waals surface area contributed by atoms with Crippen LogP contribution in [-0.2, 0) is 13.6 Å². The molecule has 0 aliphatic carbocycles. The number of nitrogens with zero attached hydrogens (tertiary/aromatic N) is 4. The number of aryl methyl sites for hydroxylation is 1. The van der Waals surface area contributed by atoms with Gasteiger partial charge in [0.25, 0.3) is 0 Å². The van der Waals surface area contributed by atoms with Crippen molar-refractivity contribution in [2.24, 2.45) is 18.0 Å². The molecule has 28 heavy (non-hydrogen) atoms. The van der Waals surface area contributed by atoms with Crippen LogP contribution < -0.4 is 15.0 Å². The summed E-state index contributed by atoms with van der Waals surface area (Å²) in [6.07, 6.45) is 3.26. The Labute approximate surface area is 185 Å². The van der Waals surface area contributed by atoms with Crippen molar-refractivity contribution >= 4 is 35.6 Å². The number of anilines is 1. The van der Waals surface area contributed by atoms with E-state index in [4.69, 9.17) is 4.74 Å². The molecule has 0 radical (unpaired) electrons. The van der Waals surface area contributed by atoms with Crippen molar-refractivity contribution < 1.29 is 4.74 Å². The molecule has 1 aliphatic rings. The van der Waals surface area contributed by atoms with Gasteiger partial charge in [-0.15, -0.1) is 24.0 Å². The number of rotatable bonds is 6. The van der Waals surface area contributed by atoms with Gasteiger partial charge in [0.05, 0.1) is 13.7 Å². The van der Waals surface area contributed by atoms with E-state index in [2.05, 4.69) is 75.3 Å². The number of halogens is 1. The van der Waals surface area contributed by atoms with Crippen molar-refractivity contribution in [1.82, 2.24) is 14.8 Å². The molecule has 154 valence electrons. The second-order valence-electron chi connectivity index (χ2n) is 7.20. The average Bonchev–Trinajstić information content (AvgIpc) is 3.32. The lowest BCUT2D eigenvalue weighted by atomic mass is 10.1. The zero-order chi connectivity index (χ0) is 19.2. The number of guanidine groups is 1.